The molecule has 1 aliphatic carbocycles. The number of nitrogens with one attached hydrogen (secondary N) is 1. The SMILES string of the molecule is O=S(=O)(NC1CC1)[C@H]1CCOC[C@@H]1Cc1ccccc1Cl. The lowest BCUT2D eigenvalue weighted by molar-refractivity contribution is 0.0570. The Balaban J connectivity index is 1.76. The van der Waals surface area contributed by atoms with Crippen LogP contribution in [0.4, 0.5) is 0 Å². The van der Waals surface area contributed by atoms with E-state index >= 15 is 0 Å². The van der Waals surface area contributed by atoms with Crippen molar-refractivity contribution in [1.82, 2.24) is 4.72 Å². The third kappa shape index (κ3) is 3.77. The van der Waals surface area contributed by atoms with Crippen LogP contribution in [0.3, 0.4) is 0 Å². The summed E-state index contributed by atoms with van der Waals surface area (Å²) < 4.78 is 33.4. The maximum Gasteiger partial charge on any atom is 0.215 e. The average Bonchev–Trinajstić information content (AvgIpc) is 3.25. The molecule has 1 heterocycles. The van der Waals surface area contributed by atoms with Gasteiger partial charge >= 0.3 is 0 Å². The van der Waals surface area contributed by atoms with E-state index in [-0.39, 0.29) is 17.2 Å². The van der Waals surface area contributed by atoms with Gasteiger partial charge in [-0.05, 0) is 37.3 Å². The Labute approximate surface area is 130 Å². The zero-order chi connectivity index (χ0) is 14.9. The molecule has 0 spiro atoms. The van der Waals surface area contributed by atoms with Crippen LogP contribution in [0.15, 0.2) is 24.3 Å². The minimum Gasteiger partial charge on any atom is -0.381 e. The smallest absolute Gasteiger partial charge is 0.215 e. The molecular formula is C15H20ClNO3S. The highest BCUT2D eigenvalue weighted by Crippen LogP contribution is 2.29. The molecule has 1 saturated heterocycles. The van der Waals surface area contributed by atoms with Gasteiger partial charge in [-0.3, -0.25) is 0 Å². The van der Waals surface area contributed by atoms with E-state index in [9.17, 15) is 8.42 Å². The molecule has 116 valence electrons. The van der Waals surface area contributed by atoms with Gasteiger partial charge in [0.2, 0.25) is 10.0 Å². The summed E-state index contributed by atoms with van der Waals surface area (Å²) in [5.74, 6) is -0.0464. The number of halogens is 1. The van der Waals surface area contributed by atoms with Gasteiger partial charge in [0.1, 0.15) is 0 Å². The van der Waals surface area contributed by atoms with E-state index in [1.165, 1.54) is 0 Å². The molecule has 1 saturated carbocycles. The van der Waals surface area contributed by atoms with Crippen LogP contribution in [0, 0.1) is 5.92 Å². The number of sulfonamides is 1. The van der Waals surface area contributed by atoms with Crippen molar-refractivity contribution in [3.8, 4) is 0 Å². The molecule has 6 heteroatoms. The van der Waals surface area contributed by atoms with Crippen molar-refractivity contribution in [2.24, 2.45) is 5.92 Å². The monoisotopic (exact) mass is 329 g/mol. The molecule has 1 aromatic carbocycles. The fourth-order valence-electron chi connectivity index (χ4n) is 2.84. The first-order valence-electron chi connectivity index (χ1n) is 7.38. The summed E-state index contributed by atoms with van der Waals surface area (Å²) in [6.45, 7) is 0.983. The molecule has 21 heavy (non-hydrogen) atoms. The molecule has 1 aliphatic heterocycles. The van der Waals surface area contributed by atoms with Crippen LogP contribution < -0.4 is 4.72 Å². The molecule has 0 unspecified atom stereocenters. The zero-order valence-corrected chi connectivity index (χ0v) is 13.4. The van der Waals surface area contributed by atoms with Gasteiger partial charge in [-0.25, -0.2) is 13.1 Å². The van der Waals surface area contributed by atoms with Crippen LogP contribution in [0.5, 0.6) is 0 Å². The van der Waals surface area contributed by atoms with E-state index < -0.39 is 10.0 Å². The second kappa shape index (κ2) is 6.24. The predicted molar refractivity (Wildman–Crippen MR) is 82.9 cm³/mol. The van der Waals surface area contributed by atoms with Crippen molar-refractivity contribution in [3.05, 3.63) is 34.9 Å². The maximum atomic E-state index is 12.5. The Morgan fingerprint density at radius 1 is 1.24 bits per heavy atom. The second-order valence-electron chi connectivity index (χ2n) is 5.89. The van der Waals surface area contributed by atoms with Crippen LogP contribution >= 0.6 is 11.6 Å². The van der Waals surface area contributed by atoms with E-state index in [1.54, 1.807) is 0 Å². The predicted octanol–water partition coefficient (Wildman–Crippen LogP) is 2.37. The Morgan fingerprint density at radius 2 is 2.00 bits per heavy atom. The summed E-state index contributed by atoms with van der Waals surface area (Å²) >= 11 is 6.19. The minimum absolute atomic E-state index is 0.0464. The van der Waals surface area contributed by atoms with E-state index in [0.717, 1.165) is 18.4 Å². The molecule has 0 bridgehead atoms. The molecule has 1 aromatic rings. The van der Waals surface area contributed by atoms with Crippen molar-refractivity contribution in [1.29, 1.82) is 0 Å². The molecular weight excluding hydrogens is 310 g/mol. The molecule has 2 fully saturated rings. The summed E-state index contributed by atoms with van der Waals surface area (Å²) in [6.07, 6.45) is 3.10. The molecule has 0 aromatic heterocycles. The fourth-order valence-corrected chi connectivity index (χ4v) is 5.02. The van der Waals surface area contributed by atoms with Gasteiger partial charge in [-0.1, -0.05) is 29.8 Å². The summed E-state index contributed by atoms with van der Waals surface area (Å²) in [5, 5.41) is 0.303. The third-order valence-electron chi connectivity index (χ3n) is 4.15. The topological polar surface area (TPSA) is 55.4 Å². The van der Waals surface area contributed by atoms with Gasteiger partial charge in [-0.15, -0.1) is 0 Å². The quantitative estimate of drug-likeness (QED) is 0.902. The van der Waals surface area contributed by atoms with Crippen molar-refractivity contribution < 1.29 is 13.2 Å². The standard InChI is InChI=1S/C15H20ClNO3S/c16-14-4-2-1-3-11(14)9-12-10-20-8-7-15(12)21(18,19)17-13-5-6-13/h1-4,12-13,15,17H,5-10H2/t12-,15-/m0/s1. The molecule has 0 radical (unpaired) electrons. The number of hydrogen-bond acceptors (Lipinski definition) is 3. The third-order valence-corrected chi connectivity index (χ3v) is 6.60. The van der Waals surface area contributed by atoms with Crippen LogP contribution in [-0.2, 0) is 21.2 Å². The van der Waals surface area contributed by atoms with Gasteiger partial charge in [0.05, 0.1) is 11.9 Å². The first-order chi connectivity index (χ1) is 10.1. The Morgan fingerprint density at radius 3 is 2.71 bits per heavy atom. The van der Waals surface area contributed by atoms with Crippen LogP contribution in [0.1, 0.15) is 24.8 Å². The first-order valence-corrected chi connectivity index (χ1v) is 9.31. The summed E-state index contributed by atoms with van der Waals surface area (Å²) in [5.41, 5.74) is 0.987. The maximum absolute atomic E-state index is 12.5. The van der Waals surface area contributed by atoms with Crippen LogP contribution in [0.2, 0.25) is 5.02 Å². The molecule has 2 atom stereocenters. The van der Waals surface area contributed by atoms with E-state index in [1.807, 2.05) is 24.3 Å². The second-order valence-corrected chi connectivity index (χ2v) is 8.23. The van der Waals surface area contributed by atoms with E-state index in [4.69, 9.17) is 16.3 Å². The van der Waals surface area contributed by atoms with Gasteiger partial charge in [-0.2, -0.15) is 0 Å². The Hall–Kier alpha value is -0.620. The number of ether oxygens (including phenoxy) is 1. The first kappa shape index (κ1) is 15.3. The molecule has 3 rings (SSSR count). The Bertz CT molecular complexity index is 601. The average molecular weight is 330 g/mol. The van der Waals surface area contributed by atoms with Crippen molar-refractivity contribution in [2.45, 2.75) is 37.0 Å². The van der Waals surface area contributed by atoms with Gasteiger partial charge in [0.25, 0.3) is 0 Å². The minimum atomic E-state index is -3.28. The van der Waals surface area contributed by atoms with Crippen LogP contribution in [0.25, 0.3) is 0 Å². The zero-order valence-electron chi connectivity index (χ0n) is 11.8. The molecule has 0 amide bonds. The van der Waals surface area contributed by atoms with Gasteiger partial charge in [0, 0.05) is 23.6 Å². The van der Waals surface area contributed by atoms with Crippen LogP contribution in [-0.4, -0.2) is 32.9 Å². The highest BCUT2D eigenvalue weighted by molar-refractivity contribution is 7.90. The number of rotatable bonds is 5. The highest BCUT2D eigenvalue weighted by atomic mass is 35.5. The fraction of sp³-hybridized carbons (Fsp3) is 0.600. The molecule has 2 aliphatic rings. The lowest BCUT2D eigenvalue weighted by Gasteiger charge is -2.31. The lowest BCUT2D eigenvalue weighted by Crippen LogP contribution is -2.45. The van der Waals surface area contributed by atoms with Crippen molar-refractivity contribution in [3.63, 3.8) is 0 Å². The lowest BCUT2D eigenvalue weighted by atomic mass is 9.93. The molecule has 4 nitrogen and oxygen atoms in total. The summed E-state index contributed by atoms with van der Waals surface area (Å²) in [6, 6.07) is 7.75. The van der Waals surface area contributed by atoms with Crippen molar-refractivity contribution in [2.75, 3.05) is 13.2 Å². The van der Waals surface area contributed by atoms with Crippen molar-refractivity contribution >= 4 is 21.6 Å². The Kier molecular flexibility index (Phi) is 4.54. The largest absolute Gasteiger partial charge is 0.381 e. The highest BCUT2D eigenvalue weighted by Gasteiger charge is 2.39. The number of hydrogen-bond donors (Lipinski definition) is 1. The summed E-state index contributed by atoms with van der Waals surface area (Å²) in [7, 11) is -3.28. The van der Waals surface area contributed by atoms with E-state index in [2.05, 4.69) is 4.72 Å². The summed E-state index contributed by atoms with van der Waals surface area (Å²) in [4.78, 5) is 0. The molecule has 1 N–H and O–H groups in total. The number of benzene rings is 1. The van der Waals surface area contributed by atoms with Gasteiger partial charge < -0.3 is 4.74 Å². The van der Waals surface area contributed by atoms with Gasteiger partial charge in [0.15, 0.2) is 0 Å². The normalized spacial score (nSPS) is 26.7. The van der Waals surface area contributed by atoms with E-state index in [0.29, 0.717) is 31.1 Å².